The molecule has 0 saturated carbocycles. The summed E-state index contributed by atoms with van der Waals surface area (Å²) in [5.74, 6) is -0.605. The fourth-order valence-corrected chi connectivity index (χ4v) is 2.03. The molecule has 0 aliphatic heterocycles. The lowest BCUT2D eigenvalue weighted by Crippen LogP contribution is -2.35. The van der Waals surface area contributed by atoms with Gasteiger partial charge in [0.2, 0.25) is 6.61 Å². The zero-order valence-corrected chi connectivity index (χ0v) is 13.9. The molecule has 2 rings (SSSR count). The van der Waals surface area contributed by atoms with Crippen LogP contribution in [0.3, 0.4) is 0 Å². The predicted octanol–water partition coefficient (Wildman–Crippen LogP) is 1.46. The second-order valence-electron chi connectivity index (χ2n) is 5.07. The lowest BCUT2D eigenvalue weighted by atomic mass is 10.2. The average Bonchev–Trinajstić information content (AvgIpc) is 2.58. The lowest BCUT2D eigenvalue weighted by Gasteiger charge is -2.09. The molecule has 0 saturated heterocycles. The highest BCUT2D eigenvalue weighted by molar-refractivity contribution is 5.80. The topological polar surface area (TPSA) is 103 Å². The third-order valence-corrected chi connectivity index (χ3v) is 3.13. The van der Waals surface area contributed by atoms with Crippen molar-refractivity contribution in [1.29, 1.82) is 0 Å². The van der Waals surface area contributed by atoms with E-state index in [-0.39, 0.29) is 12.3 Å². The van der Waals surface area contributed by atoms with Crippen molar-refractivity contribution in [2.24, 2.45) is 5.16 Å². The summed E-state index contributed by atoms with van der Waals surface area (Å²) in [5.41, 5.74) is -3.40. The van der Waals surface area contributed by atoms with Gasteiger partial charge >= 0.3 is 17.8 Å². The van der Waals surface area contributed by atoms with Gasteiger partial charge in [-0.15, -0.1) is 0 Å². The molecule has 11 heteroatoms. The molecule has 0 unspecified atom stereocenters. The van der Waals surface area contributed by atoms with E-state index in [0.29, 0.717) is 16.2 Å². The molecule has 0 aliphatic rings. The molecule has 27 heavy (non-hydrogen) atoms. The Balaban J connectivity index is 2.24. The smallest absolute Gasteiger partial charge is 0.431 e. The first-order chi connectivity index (χ1) is 12.7. The highest BCUT2D eigenvalue weighted by Gasteiger charge is 2.33. The number of nitrogens with one attached hydrogen (secondary N) is 1. The number of benzene rings is 1. The van der Waals surface area contributed by atoms with Gasteiger partial charge in [-0.1, -0.05) is 17.3 Å². The van der Waals surface area contributed by atoms with Crippen LogP contribution in [0.4, 0.5) is 13.2 Å². The van der Waals surface area contributed by atoms with Crippen LogP contribution in [0.2, 0.25) is 0 Å². The van der Waals surface area contributed by atoms with Crippen LogP contribution in [0, 0.1) is 0 Å². The Bertz CT molecular complexity index is 931. The maximum Gasteiger partial charge on any atom is 0.431 e. The van der Waals surface area contributed by atoms with E-state index in [4.69, 9.17) is 4.84 Å². The molecule has 0 aliphatic carbocycles. The number of hydrogen-bond donors (Lipinski definition) is 1. The summed E-state index contributed by atoms with van der Waals surface area (Å²) >= 11 is 0. The van der Waals surface area contributed by atoms with Gasteiger partial charge in [0, 0.05) is 6.07 Å². The molecule has 0 amide bonds. The molecule has 8 nitrogen and oxygen atoms in total. The van der Waals surface area contributed by atoms with Gasteiger partial charge in [0.05, 0.1) is 18.5 Å². The Labute approximate surface area is 149 Å². The van der Waals surface area contributed by atoms with E-state index in [2.05, 4.69) is 9.89 Å². The molecule has 0 bridgehead atoms. The number of alkyl halides is 3. The van der Waals surface area contributed by atoms with Gasteiger partial charge in [-0.2, -0.15) is 13.2 Å². The third-order valence-electron chi connectivity index (χ3n) is 3.13. The van der Waals surface area contributed by atoms with E-state index in [1.807, 2.05) is 0 Å². The number of hydrogen-bond acceptors (Lipinski definition) is 6. The number of oxime groups is 1. The van der Waals surface area contributed by atoms with E-state index >= 15 is 0 Å². The number of rotatable bonds is 6. The van der Waals surface area contributed by atoms with Crippen molar-refractivity contribution in [1.82, 2.24) is 9.55 Å². The number of carbonyl (C=O) groups is 1. The molecule has 144 valence electrons. The summed E-state index contributed by atoms with van der Waals surface area (Å²) in [7, 11) is 0. The molecular weight excluding hydrogens is 371 g/mol. The van der Waals surface area contributed by atoms with Crippen LogP contribution in [0.15, 0.2) is 45.1 Å². The molecule has 2 aromatic rings. The van der Waals surface area contributed by atoms with Crippen molar-refractivity contribution in [3.05, 3.63) is 62.4 Å². The fraction of sp³-hybridized carbons (Fsp3) is 0.250. The molecule has 0 radical (unpaired) electrons. The van der Waals surface area contributed by atoms with Gasteiger partial charge in [-0.05, 0) is 24.6 Å². The summed E-state index contributed by atoms with van der Waals surface area (Å²) in [5, 5.41) is 3.54. The number of esters is 1. The number of carbonyl (C=O) groups excluding carboxylic acids is 1. The second-order valence-corrected chi connectivity index (χ2v) is 5.07. The zero-order chi connectivity index (χ0) is 20.0. The van der Waals surface area contributed by atoms with Gasteiger partial charge in [0.1, 0.15) is 5.69 Å². The Morgan fingerprint density at radius 1 is 1.30 bits per heavy atom. The van der Waals surface area contributed by atoms with Gasteiger partial charge in [-0.3, -0.25) is 4.79 Å². The summed E-state index contributed by atoms with van der Waals surface area (Å²) in [4.78, 5) is 41.3. The van der Waals surface area contributed by atoms with Crippen LogP contribution in [0.25, 0.3) is 5.69 Å². The van der Waals surface area contributed by atoms with Crippen molar-refractivity contribution >= 4 is 12.2 Å². The molecule has 0 atom stereocenters. The summed E-state index contributed by atoms with van der Waals surface area (Å²) in [6, 6.07) is 6.00. The van der Waals surface area contributed by atoms with E-state index in [0.717, 1.165) is 0 Å². The normalized spacial score (nSPS) is 11.6. The minimum absolute atomic E-state index is 0.0318. The first-order valence-corrected chi connectivity index (χ1v) is 7.57. The van der Waals surface area contributed by atoms with Crippen LogP contribution in [-0.2, 0) is 20.5 Å². The minimum Gasteiger partial charge on any atom is -0.463 e. The van der Waals surface area contributed by atoms with E-state index in [9.17, 15) is 27.6 Å². The number of ether oxygens (including phenoxy) is 1. The number of aromatic amines is 1. The fourth-order valence-electron chi connectivity index (χ4n) is 2.03. The third kappa shape index (κ3) is 5.30. The van der Waals surface area contributed by atoms with Crippen LogP contribution >= 0.6 is 0 Å². The molecule has 1 heterocycles. The largest absolute Gasteiger partial charge is 0.463 e. The SMILES string of the molecule is CCOC(=O)CO/N=C/c1cccc(-n2c(=O)cc(C(F)(F)F)[nH]c2=O)c1. The van der Waals surface area contributed by atoms with E-state index in [1.54, 1.807) is 18.0 Å². The molecular formula is C16H14F3N3O5. The molecule has 1 N–H and O–H groups in total. The highest BCUT2D eigenvalue weighted by Crippen LogP contribution is 2.25. The predicted molar refractivity (Wildman–Crippen MR) is 87.8 cm³/mol. The maximum atomic E-state index is 12.6. The first-order valence-electron chi connectivity index (χ1n) is 7.57. The van der Waals surface area contributed by atoms with Gasteiger partial charge in [0.25, 0.3) is 5.56 Å². The van der Waals surface area contributed by atoms with Crippen LogP contribution in [-0.4, -0.2) is 34.9 Å². The quantitative estimate of drug-likeness (QED) is 0.461. The van der Waals surface area contributed by atoms with Gasteiger partial charge in [0.15, 0.2) is 0 Å². The molecule has 1 aromatic carbocycles. The van der Waals surface area contributed by atoms with Gasteiger partial charge < -0.3 is 14.6 Å². The Morgan fingerprint density at radius 2 is 2.04 bits per heavy atom. The molecule has 0 spiro atoms. The van der Waals surface area contributed by atoms with E-state index < -0.39 is 35.7 Å². The van der Waals surface area contributed by atoms with Crippen LogP contribution < -0.4 is 11.2 Å². The number of halogens is 3. The number of nitrogens with zero attached hydrogens (tertiary/aromatic N) is 2. The van der Waals surface area contributed by atoms with Gasteiger partial charge in [-0.25, -0.2) is 14.2 Å². The standard InChI is InChI=1S/C16H14F3N3O5/c1-2-26-14(24)9-27-20-8-10-4-3-5-11(6-10)22-13(23)7-12(16(17,18)19)21-15(22)25/h3-8H,2,9H2,1H3,(H,21,25)/b20-8+. The Morgan fingerprint density at radius 3 is 2.67 bits per heavy atom. The Hall–Kier alpha value is -3.37. The minimum atomic E-state index is -4.85. The number of H-pyrrole nitrogens is 1. The van der Waals surface area contributed by atoms with Crippen molar-refractivity contribution in [2.75, 3.05) is 13.2 Å². The maximum absolute atomic E-state index is 12.6. The van der Waals surface area contributed by atoms with Crippen molar-refractivity contribution in [3.8, 4) is 5.69 Å². The zero-order valence-electron chi connectivity index (χ0n) is 13.9. The monoisotopic (exact) mass is 385 g/mol. The van der Waals surface area contributed by atoms with E-state index in [1.165, 1.54) is 24.4 Å². The Kier molecular flexibility index (Phi) is 6.16. The van der Waals surface area contributed by atoms with Crippen molar-refractivity contribution in [3.63, 3.8) is 0 Å². The highest BCUT2D eigenvalue weighted by atomic mass is 19.4. The van der Waals surface area contributed by atoms with Crippen molar-refractivity contribution < 1.29 is 27.5 Å². The molecule has 1 aromatic heterocycles. The van der Waals surface area contributed by atoms with Crippen LogP contribution in [0.5, 0.6) is 0 Å². The summed E-state index contributed by atoms with van der Waals surface area (Å²) < 4.78 is 43.1. The summed E-state index contributed by atoms with van der Waals surface area (Å²) in [6.07, 6.45) is -3.64. The summed E-state index contributed by atoms with van der Waals surface area (Å²) in [6.45, 7) is 1.43. The first kappa shape index (κ1) is 19.9. The van der Waals surface area contributed by atoms with Crippen LogP contribution in [0.1, 0.15) is 18.2 Å². The lowest BCUT2D eigenvalue weighted by molar-refractivity contribution is -0.148. The van der Waals surface area contributed by atoms with Crippen molar-refractivity contribution in [2.45, 2.75) is 13.1 Å². The second kappa shape index (κ2) is 8.34. The average molecular weight is 385 g/mol. The molecule has 0 fully saturated rings. The number of aromatic nitrogens is 2.